The van der Waals surface area contributed by atoms with Gasteiger partial charge < -0.3 is 15.2 Å². The van der Waals surface area contributed by atoms with E-state index in [1.807, 2.05) is 26.0 Å². The fourth-order valence-electron chi connectivity index (χ4n) is 2.51. The van der Waals surface area contributed by atoms with E-state index < -0.39 is 6.10 Å². The Kier molecular flexibility index (Phi) is 4.65. The number of carbonyl (C=O) groups is 1. The van der Waals surface area contributed by atoms with Crippen LogP contribution in [0.25, 0.3) is 0 Å². The molecule has 0 saturated carbocycles. The third kappa shape index (κ3) is 2.96. The van der Waals surface area contributed by atoms with Crippen molar-refractivity contribution in [2.45, 2.75) is 51.7 Å². The molecule has 0 radical (unpaired) electrons. The van der Waals surface area contributed by atoms with E-state index in [0.717, 1.165) is 12.0 Å². The maximum Gasteiger partial charge on any atom is 0.255 e. The van der Waals surface area contributed by atoms with Crippen molar-refractivity contribution in [2.24, 2.45) is 0 Å². The highest BCUT2D eigenvalue weighted by Gasteiger charge is 2.30. The lowest BCUT2D eigenvalue weighted by Crippen LogP contribution is -2.32. The molecular formula is C16H23NO3. The molecule has 0 aliphatic carbocycles. The molecular weight excluding hydrogens is 254 g/mol. The van der Waals surface area contributed by atoms with E-state index in [9.17, 15) is 9.90 Å². The van der Waals surface area contributed by atoms with Gasteiger partial charge in [-0.05, 0) is 19.4 Å². The predicted molar refractivity (Wildman–Crippen MR) is 78.2 cm³/mol. The first kappa shape index (κ1) is 14.9. The summed E-state index contributed by atoms with van der Waals surface area (Å²) in [7, 11) is 0. The topological polar surface area (TPSA) is 58.6 Å². The van der Waals surface area contributed by atoms with Crippen LogP contribution in [0.5, 0.6) is 5.75 Å². The second-order valence-corrected chi connectivity index (χ2v) is 5.49. The highest BCUT2D eigenvalue weighted by atomic mass is 16.5. The Morgan fingerprint density at radius 3 is 2.90 bits per heavy atom. The Bertz CT molecular complexity index is 487. The van der Waals surface area contributed by atoms with E-state index in [4.69, 9.17) is 4.74 Å². The van der Waals surface area contributed by atoms with Crippen molar-refractivity contribution in [3.8, 4) is 5.75 Å². The zero-order chi connectivity index (χ0) is 14.7. The van der Waals surface area contributed by atoms with E-state index in [2.05, 4.69) is 12.2 Å². The summed E-state index contributed by atoms with van der Waals surface area (Å²) in [6.07, 6.45) is 1.19. The molecule has 1 heterocycles. The van der Waals surface area contributed by atoms with Gasteiger partial charge in [0.05, 0.1) is 11.7 Å². The van der Waals surface area contributed by atoms with Crippen molar-refractivity contribution in [3.05, 3.63) is 29.3 Å². The Morgan fingerprint density at radius 2 is 2.20 bits per heavy atom. The van der Waals surface area contributed by atoms with Crippen LogP contribution in [-0.4, -0.2) is 29.8 Å². The summed E-state index contributed by atoms with van der Waals surface area (Å²) in [5.41, 5.74) is 1.64. The number of aliphatic hydroxyl groups excluding tert-OH is 1. The van der Waals surface area contributed by atoms with Gasteiger partial charge in [0.2, 0.25) is 0 Å². The van der Waals surface area contributed by atoms with Gasteiger partial charge in [-0.3, -0.25) is 4.79 Å². The van der Waals surface area contributed by atoms with Gasteiger partial charge in [0, 0.05) is 18.0 Å². The number of hydrogen-bond donors (Lipinski definition) is 2. The van der Waals surface area contributed by atoms with Gasteiger partial charge in [-0.15, -0.1) is 0 Å². The molecule has 0 aromatic heterocycles. The van der Waals surface area contributed by atoms with Crippen LogP contribution in [0.15, 0.2) is 18.2 Å². The fourth-order valence-corrected chi connectivity index (χ4v) is 2.51. The molecule has 1 aromatic carbocycles. The average Bonchev–Trinajstić information content (AvgIpc) is 2.72. The summed E-state index contributed by atoms with van der Waals surface area (Å²) >= 11 is 0. The molecule has 1 aromatic rings. The van der Waals surface area contributed by atoms with Crippen LogP contribution in [0.3, 0.4) is 0 Å². The van der Waals surface area contributed by atoms with Crippen LogP contribution in [0.4, 0.5) is 0 Å². The Labute approximate surface area is 120 Å². The molecule has 3 unspecified atom stereocenters. The summed E-state index contributed by atoms with van der Waals surface area (Å²) in [5.74, 6) is 0.803. The lowest BCUT2D eigenvalue weighted by Gasteiger charge is -2.12. The third-order valence-corrected chi connectivity index (χ3v) is 3.91. The molecule has 4 nitrogen and oxygen atoms in total. The molecule has 0 bridgehead atoms. The summed E-state index contributed by atoms with van der Waals surface area (Å²) in [6.45, 7) is 6.40. The molecule has 20 heavy (non-hydrogen) atoms. The van der Waals surface area contributed by atoms with Gasteiger partial charge in [0.1, 0.15) is 11.9 Å². The minimum Gasteiger partial charge on any atom is -0.489 e. The molecule has 0 saturated heterocycles. The predicted octanol–water partition coefficient (Wildman–Crippen LogP) is 2.46. The highest BCUT2D eigenvalue weighted by Crippen LogP contribution is 2.40. The van der Waals surface area contributed by atoms with Crippen LogP contribution in [0.1, 0.15) is 55.5 Å². The highest BCUT2D eigenvalue weighted by molar-refractivity contribution is 5.97. The van der Waals surface area contributed by atoms with Gasteiger partial charge in [-0.1, -0.05) is 32.4 Å². The number of ether oxygens (including phenoxy) is 1. The number of carbonyl (C=O) groups excluding carboxylic acids is 1. The first-order valence-corrected chi connectivity index (χ1v) is 7.30. The number of rotatable bonds is 5. The monoisotopic (exact) mass is 277 g/mol. The van der Waals surface area contributed by atoms with E-state index in [1.54, 1.807) is 6.07 Å². The lowest BCUT2D eigenvalue weighted by molar-refractivity contribution is 0.0905. The van der Waals surface area contributed by atoms with E-state index in [0.29, 0.717) is 23.7 Å². The van der Waals surface area contributed by atoms with Crippen molar-refractivity contribution in [2.75, 3.05) is 6.54 Å². The third-order valence-electron chi connectivity index (χ3n) is 3.91. The maximum absolute atomic E-state index is 12.2. The fraction of sp³-hybridized carbons (Fsp3) is 0.562. The maximum atomic E-state index is 12.2. The normalized spacial score (nSPS) is 22.0. The Morgan fingerprint density at radius 1 is 1.45 bits per heavy atom. The molecule has 0 spiro atoms. The zero-order valence-electron chi connectivity index (χ0n) is 12.3. The Balaban J connectivity index is 2.09. The van der Waals surface area contributed by atoms with Crippen LogP contribution in [0.2, 0.25) is 0 Å². The molecule has 0 fully saturated rings. The molecule has 2 N–H and O–H groups in total. The van der Waals surface area contributed by atoms with Crippen molar-refractivity contribution < 1.29 is 14.6 Å². The van der Waals surface area contributed by atoms with Gasteiger partial charge in [-0.25, -0.2) is 0 Å². The van der Waals surface area contributed by atoms with Crippen molar-refractivity contribution in [3.63, 3.8) is 0 Å². The SMILES string of the molecule is CCCC(O)CNC(=O)c1cccc2c1OC(C)C2C. The average molecular weight is 277 g/mol. The van der Waals surface area contributed by atoms with Crippen LogP contribution in [-0.2, 0) is 0 Å². The van der Waals surface area contributed by atoms with Crippen molar-refractivity contribution in [1.82, 2.24) is 5.32 Å². The quantitative estimate of drug-likeness (QED) is 0.869. The lowest BCUT2D eigenvalue weighted by atomic mass is 9.97. The van der Waals surface area contributed by atoms with Crippen molar-refractivity contribution in [1.29, 1.82) is 0 Å². The minimum absolute atomic E-state index is 0.0876. The molecule has 1 aliphatic rings. The number of fused-ring (bicyclic) bond motifs is 1. The summed E-state index contributed by atoms with van der Waals surface area (Å²) in [4.78, 5) is 12.2. The van der Waals surface area contributed by atoms with Gasteiger partial charge in [0.25, 0.3) is 5.91 Å². The molecule has 1 amide bonds. The van der Waals surface area contributed by atoms with Crippen LogP contribution < -0.4 is 10.1 Å². The zero-order valence-corrected chi connectivity index (χ0v) is 12.3. The standard InChI is InChI=1S/C16H23NO3/c1-4-6-12(18)9-17-16(19)14-8-5-7-13-10(2)11(3)20-15(13)14/h5,7-8,10-12,18H,4,6,9H2,1-3H3,(H,17,19). The number of benzene rings is 1. The number of amides is 1. The molecule has 110 valence electrons. The van der Waals surface area contributed by atoms with E-state index in [1.165, 1.54) is 0 Å². The van der Waals surface area contributed by atoms with Gasteiger partial charge in [0.15, 0.2) is 0 Å². The molecule has 4 heteroatoms. The van der Waals surface area contributed by atoms with E-state index in [-0.39, 0.29) is 18.6 Å². The number of hydrogen-bond acceptors (Lipinski definition) is 3. The second-order valence-electron chi connectivity index (χ2n) is 5.49. The largest absolute Gasteiger partial charge is 0.489 e. The molecule has 3 atom stereocenters. The molecule has 1 aliphatic heterocycles. The second kappa shape index (κ2) is 6.27. The smallest absolute Gasteiger partial charge is 0.255 e. The van der Waals surface area contributed by atoms with Gasteiger partial charge in [-0.2, -0.15) is 0 Å². The molecule has 2 rings (SSSR count). The van der Waals surface area contributed by atoms with Gasteiger partial charge >= 0.3 is 0 Å². The van der Waals surface area contributed by atoms with Crippen LogP contribution >= 0.6 is 0 Å². The minimum atomic E-state index is -0.487. The number of aliphatic hydroxyl groups is 1. The van der Waals surface area contributed by atoms with E-state index >= 15 is 0 Å². The first-order chi connectivity index (χ1) is 9.54. The number of para-hydroxylation sites is 1. The Hall–Kier alpha value is -1.55. The summed E-state index contributed by atoms with van der Waals surface area (Å²) in [5, 5.41) is 12.5. The number of nitrogens with one attached hydrogen (secondary N) is 1. The first-order valence-electron chi connectivity index (χ1n) is 7.30. The van der Waals surface area contributed by atoms with Crippen molar-refractivity contribution >= 4 is 5.91 Å². The summed E-state index contributed by atoms with van der Waals surface area (Å²) < 4.78 is 5.80. The summed E-state index contributed by atoms with van der Waals surface area (Å²) in [6, 6.07) is 5.66. The van der Waals surface area contributed by atoms with Crippen LogP contribution in [0, 0.1) is 0 Å².